The molecule has 0 fully saturated rings. The minimum absolute atomic E-state index is 0.0663. The van der Waals surface area contributed by atoms with Crippen molar-refractivity contribution in [2.45, 2.75) is 40.0 Å². The van der Waals surface area contributed by atoms with Crippen molar-refractivity contribution in [3.8, 4) is 10.9 Å². The minimum atomic E-state index is -0.250. The van der Waals surface area contributed by atoms with E-state index in [4.69, 9.17) is 9.72 Å². The highest BCUT2D eigenvalue weighted by molar-refractivity contribution is 7.20. The van der Waals surface area contributed by atoms with Gasteiger partial charge in [-0.05, 0) is 48.6 Å². The average Bonchev–Trinajstić information content (AvgIpc) is 3.29. The SMILES string of the molecule is Cc1cc(NC(=O)COc2ccccc2C)n(-c2nc3ccc(C(C)(C)C)cc3s2)n1. The topological polar surface area (TPSA) is 69.0 Å². The number of thiazole rings is 1. The average molecular weight is 435 g/mol. The molecule has 0 spiro atoms. The largest absolute Gasteiger partial charge is 0.483 e. The van der Waals surface area contributed by atoms with Crippen molar-refractivity contribution in [2.24, 2.45) is 0 Å². The van der Waals surface area contributed by atoms with Gasteiger partial charge in [0.25, 0.3) is 5.91 Å². The fraction of sp³-hybridized carbons (Fsp3) is 0.292. The molecule has 0 atom stereocenters. The second-order valence-corrected chi connectivity index (χ2v) is 9.62. The van der Waals surface area contributed by atoms with Crippen molar-refractivity contribution >= 4 is 33.3 Å². The van der Waals surface area contributed by atoms with E-state index in [-0.39, 0.29) is 17.9 Å². The molecule has 0 aliphatic carbocycles. The number of hydrogen-bond donors (Lipinski definition) is 1. The molecule has 160 valence electrons. The van der Waals surface area contributed by atoms with Gasteiger partial charge in [-0.15, -0.1) is 0 Å². The fourth-order valence-corrected chi connectivity index (χ4v) is 4.21. The molecule has 0 saturated heterocycles. The van der Waals surface area contributed by atoms with Crippen LogP contribution in [0.5, 0.6) is 5.75 Å². The Morgan fingerprint density at radius 3 is 2.65 bits per heavy atom. The maximum atomic E-state index is 12.5. The predicted molar refractivity (Wildman–Crippen MR) is 125 cm³/mol. The Labute approximate surface area is 185 Å². The number of anilines is 1. The summed E-state index contributed by atoms with van der Waals surface area (Å²) in [5.74, 6) is 1.02. The zero-order valence-corrected chi connectivity index (χ0v) is 19.2. The lowest BCUT2D eigenvalue weighted by molar-refractivity contribution is -0.118. The third-order valence-electron chi connectivity index (χ3n) is 4.98. The van der Waals surface area contributed by atoms with Crippen molar-refractivity contribution in [1.29, 1.82) is 0 Å². The van der Waals surface area contributed by atoms with Crippen LogP contribution in [0.25, 0.3) is 15.3 Å². The summed E-state index contributed by atoms with van der Waals surface area (Å²) in [5.41, 5.74) is 4.02. The number of ether oxygens (including phenoxy) is 1. The molecule has 1 amide bonds. The second-order valence-electron chi connectivity index (χ2n) is 8.61. The number of amides is 1. The van der Waals surface area contributed by atoms with E-state index in [2.05, 4.69) is 43.3 Å². The van der Waals surface area contributed by atoms with Crippen LogP contribution < -0.4 is 10.1 Å². The van der Waals surface area contributed by atoms with Crippen LogP contribution in [0.4, 0.5) is 5.82 Å². The van der Waals surface area contributed by atoms with Crippen LogP contribution in [0.3, 0.4) is 0 Å². The Morgan fingerprint density at radius 1 is 1.13 bits per heavy atom. The standard InChI is InChI=1S/C24H26N4O2S/c1-15-8-6-7-9-19(15)30-14-22(29)26-21-12-16(2)27-28(21)23-25-18-11-10-17(24(3,4)5)13-20(18)31-23/h6-13H,14H2,1-5H3,(H,26,29). The van der Waals surface area contributed by atoms with E-state index in [1.54, 1.807) is 16.0 Å². The van der Waals surface area contributed by atoms with Crippen LogP contribution in [-0.2, 0) is 10.2 Å². The summed E-state index contributed by atoms with van der Waals surface area (Å²) >= 11 is 1.55. The van der Waals surface area contributed by atoms with Gasteiger partial charge >= 0.3 is 0 Å². The molecule has 2 aromatic heterocycles. The quantitative estimate of drug-likeness (QED) is 0.456. The highest BCUT2D eigenvalue weighted by Gasteiger charge is 2.18. The molecule has 0 saturated carbocycles. The molecule has 2 heterocycles. The van der Waals surface area contributed by atoms with Gasteiger partial charge in [0.2, 0.25) is 5.13 Å². The molecule has 0 unspecified atom stereocenters. The lowest BCUT2D eigenvalue weighted by atomic mass is 9.87. The van der Waals surface area contributed by atoms with Gasteiger partial charge in [0.15, 0.2) is 6.61 Å². The molecular formula is C24H26N4O2S. The Bertz CT molecular complexity index is 1250. The lowest BCUT2D eigenvalue weighted by Crippen LogP contribution is -2.22. The first-order chi connectivity index (χ1) is 14.7. The molecule has 2 aromatic carbocycles. The minimum Gasteiger partial charge on any atom is -0.483 e. The number of para-hydroxylation sites is 1. The van der Waals surface area contributed by atoms with Gasteiger partial charge in [0.1, 0.15) is 11.6 Å². The summed E-state index contributed by atoms with van der Waals surface area (Å²) in [7, 11) is 0. The van der Waals surface area contributed by atoms with Gasteiger partial charge in [-0.25, -0.2) is 4.98 Å². The molecule has 0 aliphatic rings. The molecule has 31 heavy (non-hydrogen) atoms. The summed E-state index contributed by atoms with van der Waals surface area (Å²) in [6, 6.07) is 15.8. The van der Waals surface area contributed by atoms with Crippen molar-refractivity contribution < 1.29 is 9.53 Å². The number of rotatable bonds is 5. The lowest BCUT2D eigenvalue weighted by Gasteiger charge is -2.18. The molecule has 4 rings (SSSR count). The van der Waals surface area contributed by atoms with Crippen LogP contribution in [0, 0.1) is 13.8 Å². The zero-order valence-electron chi connectivity index (χ0n) is 18.4. The van der Waals surface area contributed by atoms with E-state index >= 15 is 0 Å². The van der Waals surface area contributed by atoms with Crippen molar-refractivity contribution in [3.05, 3.63) is 65.4 Å². The number of hydrogen-bond acceptors (Lipinski definition) is 5. The zero-order chi connectivity index (χ0) is 22.2. The number of carbonyl (C=O) groups is 1. The molecule has 4 aromatic rings. The summed E-state index contributed by atoms with van der Waals surface area (Å²) in [4.78, 5) is 17.3. The Balaban J connectivity index is 1.55. The van der Waals surface area contributed by atoms with Crippen LogP contribution >= 0.6 is 11.3 Å². The summed E-state index contributed by atoms with van der Waals surface area (Å²) < 4.78 is 8.44. The third kappa shape index (κ3) is 4.61. The summed E-state index contributed by atoms with van der Waals surface area (Å²) in [6.45, 7) is 10.3. The molecule has 0 bridgehead atoms. The number of benzene rings is 2. The van der Waals surface area contributed by atoms with Gasteiger partial charge in [0, 0.05) is 6.07 Å². The molecule has 6 nitrogen and oxygen atoms in total. The summed E-state index contributed by atoms with van der Waals surface area (Å²) in [5, 5.41) is 8.16. The van der Waals surface area contributed by atoms with E-state index < -0.39 is 0 Å². The third-order valence-corrected chi connectivity index (χ3v) is 5.97. The van der Waals surface area contributed by atoms with Gasteiger partial charge in [-0.2, -0.15) is 9.78 Å². The second kappa shape index (κ2) is 8.15. The van der Waals surface area contributed by atoms with Crippen LogP contribution in [0.2, 0.25) is 0 Å². The highest BCUT2D eigenvalue weighted by Crippen LogP contribution is 2.31. The molecular weight excluding hydrogens is 408 g/mol. The van der Waals surface area contributed by atoms with Gasteiger partial charge in [-0.1, -0.05) is 56.4 Å². The maximum Gasteiger partial charge on any atom is 0.263 e. The van der Waals surface area contributed by atoms with E-state index in [1.807, 2.05) is 50.2 Å². The van der Waals surface area contributed by atoms with Crippen molar-refractivity contribution in [1.82, 2.24) is 14.8 Å². The number of nitrogens with zero attached hydrogens (tertiary/aromatic N) is 3. The van der Waals surface area contributed by atoms with Gasteiger partial charge in [-0.3, -0.25) is 4.79 Å². The molecule has 0 radical (unpaired) electrons. The molecule has 0 aliphatic heterocycles. The normalized spacial score (nSPS) is 11.6. The number of aromatic nitrogens is 3. The fourth-order valence-electron chi connectivity index (χ4n) is 3.24. The van der Waals surface area contributed by atoms with E-state index in [1.165, 1.54) is 5.56 Å². The Kier molecular flexibility index (Phi) is 5.54. The highest BCUT2D eigenvalue weighted by atomic mass is 32.1. The number of carbonyl (C=O) groups excluding carboxylic acids is 1. The van der Waals surface area contributed by atoms with Crippen molar-refractivity contribution in [3.63, 3.8) is 0 Å². The van der Waals surface area contributed by atoms with Crippen LogP contribution in [-0.4, -0.2) is 27.3 Å². The van der Waals surface area contributed by atoms with Gasteiger partial charge in [0.05, 0.1) is 15.9 Å². The summed E-state index contributed by atoms with van der Waals surface area (Å²) in [6.07, 6.45) is 0. The van der Waals surface area contributed by atoms with Crippen LogP contribution in [0.15, 0.2) is 48.5 Å². The molecule has 7 heteroatoms. The Hall–Kier alpha value is -3.19. The van der Waals surface area contributed by atoms with E-state index in [9.17, 15) is 4.79 Å². The van der Waals surface area contributed by atoms with Gasteiger partial charge < -0.3 is 10.1 Å². The monoisotopic (exact) mass is 434 g/mol. The maximum absolute atomic E-state index is 12.5. The number of fused-ring (bicyclic) bond motifs is 1. The smallest absolute Gasteiger partial charge is 0.263 e. The predicted octanol–water partition coefficient (Wildman–Crippen LogP) is 5.41. The first-order valence-electron chi connectivity index (χ1n) is 10.2. The number of nitrogens with one attached hydrogen (secondary N) is 1. The Morgan fingerprint density at radius 2 is 1.90 bits per heavy atom. The van der Waals surface area contributed by atoms with E-state index in [0.29, 0.717) is 16.7 Å². The first-order valence-corrected chi connectivity index (χ1v) is 11.0. The van der Waals surface area contributed by atoms with E-state index in [0.717, 1.165) is 21.5 Å². The first kappa shape index (κ1) is 21.1. The number of aryl methyl sites for hydroxylation is 2. The van der Waals surface area contributed by atoms with Crippen molar-refractivity contribution in [2.75, 3.05) is 11.9 Å². The molecule has 1 N–H and O–H groups in total. The van der Waals surface area contributed by atoms with Crippen LogP contribution in [0.1, 0.15) is 37.6 Å².